The molecule has 1 rings (SSSR count). The molecular formula is C11H11ClF3NO2. The third-order valence-electron chi connectivity index (χ3n) is 2.07. The molecule has 2 N–H and O–H groups in total. The van der Waals surface area contributed by atoms with Crippen molar-refractivity contribution in [1.29, 1.82) is 0 Å². The highest BCUT2D eigenvalue weighted by molar-refractivity contribution is 6.33. The van der Waals surface area contributed by atoms with Gasteiger partial charge < -0.3 is 10.5 Å². The van der Waals surface area contributed by atoms with Crippen LogP contribution in [0.3, 0.4) is 0 Å². The van der Waals surface area contributed by atoms with Crippen molar-refractivity contribution in [2.45, 2.75) is 19.0 Å². The highest BCUT2D eigenvalue weighted by Crippen LogP contribution is 2.22. The fourth-order valence-electron chi connectivity index (χ4n) is 1.19. The predicted molar refractivity (Wildman–Crippen MR) is 61.4 cm³/mol. The number of esters is 1. The number of halogens is 4. The van der Waals surface area contributed by atoms with Crippen LogP contribution in [0.4, 0.5) is 18.9 Å². The van der Waals surface area contributed by atoms with Gasteiger partial charge in [0.2, 0.25) is 0 Å². The lowest BCUT2D eigenvalue weighted by Crippen LogP contribution is -2.11. The van der Waals surface area contributed by atoms with Gasteiger partial charge in [-0.05, 0) is 24.6 Å². The number of ether oxygens (including phenoxy) is 1. The lowest BCUT2D eigenvalue weighted by atomic mass is 10.2. The van der Waals surface area contributed by atoms with Crippen molar-refractivity contribution in [3.8, 4) is 0 Å². The number of carbonyl (C=O) groups is 1. The quantitative estimate of drug-likeness (QED) is 0.523. The number of rotatable bonds is 4. The first-order valence-corrected chi connectivity index (χ1v) is 5.46. The molecule has 7 heteroatoms. The van der Waals surface area contributed by atoms with Gasteiger partial charge in [-0.1, -0.05) is 11.6 Å². The zero-order chi connectivity index (χ0) is 13.8. The number of benzene rings is 1. The summed E-state index contributed by atoms with van der Waals surface area (Å²) in [5.74, 6) is -0.722. The molecule has 3 nitrogen and oxygen atoms in total. The van der Waals surface area contributed by atoms with Crippen molar-refractivity contribution < 1.29 is 22.7 Å². The van der Waals surface area contributed by atoms with Crippen LogP contribution >= 0.6 is 11.6 Å². The molecule has 0 aromatic heterocycles. The minimum absolute atomic E-state index is 0.156. The SMILES string of the molecule is Nc1cc(C(=O)OCCCC(F)(F)F)ccc1Cl. The zero-order valence-electron chi connectivity index (χ0n) is 9.26. The second kappa shape index (κ2) is 5.95. The van der Waals surface area contributed by atoms with E-state index in [1.165, 1.54) is 18.2 Å². The molecule has 0 radical (unpaired) electrons. The van der Waals surface area contributed by atoms with Gasteiger partial charge in [0.25, 0.3) is 0 Å². The van der Waals surface area contributed by atoms with E-state index in [1.807, 2.05) is 0 Å². The highest BCUT2D eigenvalue weighted by Gasteiger charge is 2.26. The molecule has 0 saturated carbocycles. The molecule has 18 heavy (non-hydrogen) atoms. The molecule has 0 atom stereocenters. The predicted octanol–water partition coefficient (Wildman–Crippen LogP) is 3.42. The molecule has 0 aliphatic rings. The molecular weight excluding hydrogens is 271 g/mol. The van der Waals surface area contributed by atoms with Gasteiger partial charge in [-0.25, -0.2) is 4.79 Å². The minimum Gasteiger partial charge on any atom is -0.462 e. The molecule has 0 bridgehead atoms. The molecule has 0 aliphatic carbocycles. The smallest absolute Gasteiger partial charge is 0.389 e. The average molecular weight is 282 g/mol. The van der Waals surface area contributed by atoms with Gasteiger partial charge in [0.1, 0.15) is 0 Å². The maximum Gasteiger partial charge on any atom is 0.389 e. The van der Waals surface area contributed by atoms with Crippen LogP contribution in [0, 0.1) is 0 Å². The third-order valence-corrected chi connectivity index (χ3v) is 2.41. The van der Waals surface area contributed by atoms with E-state index in [0.717, 1.165) is 0 Å². The number of carbonyl (C=O) groups excluding carboxylic acids is 1. The fourth-order valence-corrected chi connectivity index (χ4v) is 1.31. The number of anilines is 1. The van der Waals surface area contributed by atoms with Crippen LogP contribution in [0.15, 0.2) is 18.2 Å². The Morgan fingerprint density at radius 1 is 1.39 bits per heavy atom. The molecule has 0 heterocycles. The van der Waals surface area contributed by atoms with E-state index in [9.17, 15) is 18.0 Å². The summed E-state index contributed by atoms with van der Waals surface area (Å²) in [6, 6.07) is 4.13. The molecule has 0 aliphatic heterocycles. The topological polar surface area (TPSA) is 52.3 Å². The normalized spacial score (nSPS) is 11.3. The molecule has 0 amide bonds. The van der Waals surface area contributed by atoms with E-state index in [2.05, 4.69) is 4.74 Å². The van der Waals surface area contributed by atoms with Crippen LogP contribution < -0.4 is 5.73 Å². The van der Waals surface area contributed by atoms with Gasteiger partial charge in [-0.3, -0.25) is 0 Å². The van der Waals surface area contributed by atoms with Crippen LogP contribution in [0.25, 0.3) is 0 Å². The standard InChI is InChI=1S/C11H11ClF3NO2/c12-8-3-2-7(6-9(8)16)10(17)18-5-1-4-11(13,14)15/h2-3,6H,1,4-5,16H2. The Hall–Kier alpha value is -1.43. The molecule has 0 spiro atoms. The van der Waals surface area contributed by atoms with E-state index in [4.69, 9.17) is 17.3 Å². The summed E-state index contributed by atoms with van der Waals surface area (Å²) >= 11 is 5.66. The molecule has 0 saturated heterocycles. The van der Waals surface area contributed by atoms with Gasteiger partial charge in [-0.15, -0.1) is 0 Å². The van der Waals surface area contributed by atoms with Gasteiger partial charge in [-0.2, -0.15) is 13.2 Å². The summed E-state index contributed by atoms with van der Waals surface area (Å²) in [6.07, 6.45) is -5.49. The zero-order valence-corrected chi connectivity index (χ0v) is 10.0. The summed E-state index contributed by atoms with van der Waals surface area (Å²) in [7, 11) is 0. The lowest BCUT2D eigenvalue weighted by Gasteiger charge is -2.07. The average Bonchev–Trinajstić information content (AvgIpc) is 2.26. The number of alkyl halides is 3. The van der Waals surface area contributed by atoms with Gasteiger partial charge in [0, 0.05) is 6.42 Å². The Bertz CT molecular complexity index is 435. The highest BCUT2D eigenvalue weighted by atomic mass is 35.5. The van der Waals surface area contributed by atoms with Gasteiger partial charge in [0.05, 0.1) is 22.9 Å². The Morgan fingerprint density at radius 2 is 2.06 bits per heavy atom. The second-order valence-electron chi connectivity index (χ2n) is 3.59. The summed E-state index contributed by atoms with van der Waals surface area (Å²) in [5, 5.41) is 0.295. The summed E-state index contributed by atoms with van der Waals surface area (Å²) in [6.45, 7) is -0.291. The van der Waals surface area contributed by atoms with Crippen molar-refractivity contribution in [3.05, 3.63) is 28.8 Å². The molecule has 1 aromatic carbocycles. The first-order valence-electron chi connectivity index (χ1n) is 5.08. The molecule has 100 valence electrons. The Morgan fingerprint density at radius 3 is 2.61 bits per heavy atom. The molecule has 0 unspecified atom stereocenters. The minimum atomic E-state index is -4.24. The van der Waals surface area contributed by atoms with Crippen molar-refractivity contribution in [2.24, 2.45) is 0 Å². The second-order valence-corrected chi connectivity index (χ2v) is 4.00. The maximum absolute atomic E-state index is 11.8. The van der Waals surface area contributed by atoms with E-state index < -0.39 is 18.6 Å². The third kappa shape index (κ3) is 4.83. The van der Waals surface area contributed by atoms with Crippen molar-refractivity contribution >= 4 is 23.3 Å². The number of nitrogen functional groups attached to an aromatic ring is 1. The monoisotopic (exact) mass is 281 g/mol. The van der Waals surface area contributed by atoms with Crippen LogP contribution in [0.1, 0.15) is 23.2 Å². The number of hydrogen-bond acceptors (Lipinski definition) is 3. The van der Waals surface area contributed by atoms with Crippen LogP contribution in [0.2, 0.25) is 5.02 Å². The Labute approximate surface area is 107 Å². The van der Waals surface area contributed by atoms with E-state index in [0.29, 0.717) is 5.02 Å². The number of hydrogen-bond donors (Lipinski definition) is 1. The first kappa shape index (κ1) is 14.6. The van der Waals surface area contributed by atoms with E-state index >= 15 is 0 Å². The largest absolute Gasteiger partial charge is 0.462 e. The van der Waals surface area contributed by atoms with Crippen molar-refractivity contribution in [2.75, 3.05) is 12.3 Å². The Balaban J connectivity index is 2.43. The molecule has 1 aromatic rings. The van der Waals surface area contributed by atoms with Crippen molar-refractivity contribution in [3.63, 3.8) is 0 Å². The van der Waals surface area contributed by atoms with E-state index in [-0.39, 0.29) is 24.3 Å². The Kier molecular flexibility index (Phi) is 4.84. The summed E-state index contributed by atoms with van der Waals surface area (Å²) in [5.41, 5.74) is 5.85. The van der Waals surface area contributed by atoms with Crippen molar-refractivity contribution in [1.82, 2.24) is 0 Å². The summed E-state index contributed by atoms with van der Waals surface area (Å²) < 4.78 is 40.2. The van der Waals surface area contributed by atoms with Crippen LogP contribution in [-0.4, -0.2) is 18.8 Å². The fraction of sp³-hybridized carbons (Fsp3) is 0.364. The molecule has 0 fully saturated rings. The van der Waals surface area contributed by atoms with Crippen LogP contribution in [0.5, 0.6) is 0 Å². The lowest BCUT2D eigenvalue weighted by molar-refractivity contribution is -0.137. The maximum atomic E-state index is 11.8. The summed E-state index contributed by atoms with van der Waals surface area (Å²) in [4.78, 5) is 11.4. The van der Waals surface area contributed by atoms with Gasteiger partial charge in [0.15, 0.2) is 0 Å². The van der Waals surface area contributed by atoms with Crippen LogP contribution in [-0.2, 0) is 4.74 Å². The van der Waals surface area contributed by atoms with Gasteiger partial charge >= 0.3 is 12.1 Å². The first-order chi connectivity index (χ1) is 8.29. The number of nitrogens with two attached hydrogens (primary N) is 1. The van der Waals surface area contributed by atoms with E-state index in [1.54, 1.807) is 0 Å².